The topological polar surface area (TPSA) is 47.6 Å². The van der Waals surface area contributed by atoms with Crippen molar-refractivity contribution in [3.8, 4) is 5.75 Å². The summed E-state index contributed by atoms with van der Waals surface area (Å²) in [6, 6.07) is 4.84. The molecule has 6 heteroatoms. The fourth-order valence-electron chi connectivity index (χ4n) is 1.23. The number of benzene rings is 1. The zero-order chi connectivity index (χ0) is 13.5. The monoisotopic (exact) mass is 291 g/mol. The molecule has 0 saturated heterocycles. The van der Waals surface area contributed by atoms with Gasteiger partial charge in [0.15, 0.2) is 6.10 Å². The molecule has 0 radical (unpaired) electrons. The third-order valence-electron chi connectivity index (χ3n) is 2.17. The van der Waals surface area contributed by atoms with Gasteiger partial charge in [0.1, 0.15) is 5.75 Å². The van der Waals surface area contributed by atoms with E-state index in [-0.39, 0.29) is 5.91 Å². The lowest BCUT2D eigenvalue weighted by molar-refractivity contribution is -0.127. The number of hydrogen-bond acceptors (Lipinski definition) is 3. The van der Waals surface area contributed by atoms with E-state index in [0.29, 0.717) is 28.9 Å². The molecule has 1 N–H and O–H groups in total. The molecular weight excluding hydrogens is 277 g/mol. The number of nitrogens with one attached hydrogen (secondary N) is 1. The first-order valence-electron chi connectivity index (χ1n) is 5.43. The Labute approximate surface area is 116 Å². The molecule has 1 aromatic carbocycles. The molecule has 0 spiro atoms. The molecular formula is C12H15Cl2NO3. The number of hydrogen-bond donors (Lipinski definition) is 1. The average molecular weight is 292 g/mol. The molecule has 0 aliphatic carbocycles. The predicted octanol–water partition coefficient (Wildman–Crippen LogP) is 2.52. The molecule has 0 aliphatic rings. The van der Waals surface area contributed by atoms with Crippen LogP contribution < -0.4 is 10.1 Å². The normalized spacial score (nSPS) is 12.0. The molecule has 0 bridgehead atoms. The standard InChI is InChI=1S/C12H15Cl2NO3/c1-8(12(16)15-5-6-17-2)18-11-4-3-9(13)7-10(11)14/h3-4,7-8H,5-6H2,1-2H3,(H,15,16)/t8-/m0/s1. The molecule has 100 valence electrons. The van der Waals surface area contributed by atoms with Crippen molar-refractivity contribution in [3.05, 3.63) is 28.2 Å². The minimum absolute atomic E-state index is 0.224. The second-order valence-electron chi connectivity index (χ2n) is 3.62. The number of rotatable bonds is 6. The number of halogens is 2. The highest BCUT2D eigenvalue weighted by Crippen LogP contribution is 2.28. The Kier molecular flexibility index (Phi) is 6.25. The van der Waals surface area contributed by atoms with Crippen LogP contribution in [0.3, 0.4) is 0 Å². The minimum Gasteiger partial charge on any atom is -0.479 e. The second-order valence-corrected chi connectivity index (χ2v) is 4.46. The summed E-state index contributed by atoms with van der Waals surface area (Å²) in [6.45, 7) is 2.55. The molecule has 0 aliphatic heterocycles. The highest BCUT2D eigenvalue weighted by atomic mass is 35.5. The molecule has 1 aromatic rings. The summed E-state index contributed by atoms with van der Waals surface area (Å²) in [4.78, 5) is 11.6. The van der Waals surface area contributed by atoms with Crippen molar-refractivity contribution in [1.29, 1.82) is 0 Å². The van der Waals surface area contributed by atoms with Gasteiger partial charge in [0.2, 0.25) is 0 Å². The number of carbonyl (C=O) groups excluding carboxylic acids is 1. The van der Waals surface area contributed by atoms with Gasteiger partial charge in [-0.05, 0) is 25.1 Å². The van der Waals surface area contributed by atoms with Gasteiger partial charge in [-0.25, -0.2) is 0 Å². The van der Waals surface area contributed by atoms with Crippen molar-refractivity contribution in [2.75, 3.05) is 20.3 Å². The van der Waals surface area contributed by atoms with E-state index in [1.807, 2.05) is 0 Å². The average Bonchev–Trinajstić information content (AvgIpc) is 2.32. The van der Waals surface area contributed by atoms with Gasteiger partial charge in [-0.2, -0.15) is 0 Å². The summed E-state index contributed by atoms with van der Waals surface area (Å²) >= 11 is 11.7. The maximum atomic E-state index is 11.6. The van der Waals surface area contributed by atoms with Crippen LogP contribution in [0.15, 0.2) is 18.2 Å². The number of amides is 1. The lowest BCUT2D eigenvalue weighted by atomic mass is 10.3. The minimum atomic E-state index is -0.638. The molecule has 18 heavy (non-hydrogen) atoms. The van der Waals surface area contributed by atoms with E-state index in [4.69, 9.17) is 32.7 Å². The Morgan fingerprint density at radius 3 is 2.78 bits per heavy atom. The Hall–Kier alpha value is -0.970. The van der Waals surface area contributed by atoms with Gasteiger partial charge >= 0.3 is 0 Å². The zero-order valence-electron chi connectivity index (χ0n) is 10.2. The molecule has 0 heterocycles. The Bertz CT molecular complexity index is 412. The Balaban J connectivity index is 2.53. The van der Waals surface area contributed by atoms with Crippen molar-refractivity contribution in [2.24, 2.45) is 0 Å². The first-order chi connectivity index (χ1) is 8.54. The van der Waals surface area contributed by atoms with Crippen LogP contribution >= 0.6 is 23.2 Å². The number of methoxy groups -OCH3 is 1. The van der Waals surface area contributed by atoms with Crippen molar-refractivity contribution in [2.45, 2.75) is 13.0 Å². The fourth-order valence-corrected chi connectivity index (χ4v) is 1.69. The summed E-state index contributed by atoms with van der Waals surface area (Å²) in [6.07, 6.45) is -0.638. The third-order valence-corrected chi connectivity index (χ3v) is 2.70. The first kappa shape index (κ1) is 15.1. The summed E-state index contributed by atoms with van der Waals surface area (Å²) in [5.74, 6) is 0.202. The van der Waals surface area contributed by atoms with E-state index in [9.17, 15) is 4.79 Å². The van der Waals surface area contributed by atoms with Gasteiger partial charge in [0.25, 0.3) is 5.91 Å². The van der Waals surface area contributed by atoms with Gasteiger partial charge in [-0.15, -0.1) is 0 Å². The maximum absolute atomic E-state index is 11.6. The van der Waals surface area contributed by atoms with E-state index in [1.165, 1.54) is 0 Å². The van der Waals surface area contributed by atoms with Crippen LogP contribution in [0.4, 0.5) is 0 Å². The smallest absolute Gasteiger partial charge is 0.260 e. The van der Waals surface area contributed by atoms with Gasteiger partial charge in [-0.3, -0.25) is 4.79 Å². The maximum Gasteiger partial charge on any atom is 0.260 e. The SMILES string of the molecule is COCCNC(=O)[C@H](C)Oc1ccc(Cl)cc1Cl. The molecule has 0 unspecified atom stereocenters. The van der Waals surface area contributed by atoms with Gasteiger partial charge in [0, 0.05) is 18.7 Å². The highest BCUT2D eigenvalue weighted by Gasteiger charge is 2.15. The lowest BCUT2D eigenvalue weighted by Gasteiger charge is -2.15. The summed E-state index contributed by atoms with van der Waals surface area (Å²) in [5.41, 5.74) is 0. The van der Waals surface area contributed by atoms with Gasteiger partial charge in [-0.1, -0.05) is 23.2 Å². The summed E-state index contributed by atoms with van der Waals surface area (Å²) < 4.78 is 10.3. The van der Waals surface area contributed by atoms with Crippen molar-refractivity contribution in [1.82, 2.24) is 5.32 Å². The summed E-state index contributed by atoms with van der Waals surface area (Å²) in [7, 11) is 1.57. The second kappa shape index (κ2) is 7.46. The van der Waals surface area contributed by atoms with Crippen LogP contribution in [-0.4, -0.2) is 32.3 Å². The summed E-state index contributed by atoms with van der Waals surface area (Å²) in [5, 5.41) is 3.57. The highest BCUT2D eigenvalue weighted by molar-refractivity contribution is 6.35. The first-order valence-corrected chi connectivity index (χ1v) is 6.18. The predicted molar refractivity (Wildman–Crippen MR) is 71.4 cm³/mol. The van der Waals surface area contributed by atoms with Crippen LogP contribution in [0.2, 0.25) is 10.0 Å². The van der Waals surface area contributed by atoms with E-state index in [1.54, 1.807) is 32.2 Å². The third kappa shape index (κ3) is 4.72. The Morgan fingerprint density at radius 1 is 1.44 bits per heavy atom. The van der Waals surface area contributed by atoms with Crippen LogP contribution in [0.5, 0.6) is 5.75 Å². The van der Waals surface area contributed by atoms with Crippen LogP contribution in [0.25, 0.3) is 0 Å². The van der Waals surface area contributed by atoms with E-state index >= 15 is 0 Å². The number of ether oxygens (including phenoxy) is 2. The van der Waals surface area contributed by atoms with Crippen LogP contribution in [-0.2, 0) is 9.53 Å². The van der Waals surface area contributed by atoms with E-state index < -0.39 is 6.10 Å². The van der Waals surface area contributed by atoms with Gasteiger partial charge in [0.05, 0.1) is 11.6 Å². The number of carbonyl (C=O) groups is 1. The lowest BCUT2D eigenvalue weighted by Crippen LogP contribution is -2.37. The van der Waals surface area contributed by atoms with Crippen molar-refractivity contribution < 1.29 is 14.3 Å². The molecule has 0 fully saturated rings. The molecule has 1 amide bonds. The quantitative estimate of drug-likeness (QED) is 0.820. The molecule has 4 nitrogen and oxygen atoms in total. The molecule has 0 saturated carbocycles. The Morgan fingerprint density at radius 2 is 2.17 bits per heavy atom. The van der Waals surface area contributed by atoms with Crippen molar-refractivity contribution >= 4 is 29.1 Å². The molecule has 0 aromatic heterocycles. The molecule has 1 atom stereocenters. The fraction of sp³-hybridized carbons (Fsp3) is 0.417. The largest absolute Gasteiger partial charge is 0.479 e. The van der Waals surface area contributed by atoms with E-state index in [0.717, 1.165) is 0 Å². The van der Waals surface area contributed by atoms with Crippen LogP contribution in [0, 0.1) is 0 Å². The zero-order valence-corrected chi connectivity index (χ0v) is 11.7. The molecule has 1 rings (SSSR count). The van der Waals surface area contributed by atoms with Crippen LogP contribution in [0.1, 0.15) is 6.92 Å². The van der Waals surface area contributed by atoms with E-state index in [2.05, 4.69) is 5.32 Å². The van der Waals surface area contributed by atoms with Gasteiger partial charge < -0.3 is 14.8 Å². The van der Waals surface area contributed by atoms with Crippen molar-refractivity contribution in [3.63, 3.8) is 0 Å².